The number of unbranched alkanes of at least 4 members (excludes halogenated alkanes) is 33. The highest BCUT2D eigenvalue weighted by Crippen LogP contribution is 2.16. The molecule has 0 heterocycles. The van der Waals surface area contributed by atoms with Crippen molar-refractivity contribution in [3.63, 3.8) is 0 Å². The van der Waals surface area contributed by atoms with Crippen LogP contribution in [0, 0.1) is 0 Å². The molecule has 0 aliphatic heterocycles. The number of hydrogen-bond acceptors (Lipinski definition) is 6. The van der Waals surface area contributed by atoms with Crippen LogP contribution in [0.15, 0.2) is 72.9 Å². The Hall–Kier alpha value is -3.15. The minimum atomic E-state index is -0.779. The number of rotatable bonds is 56. The molecule has 0 aromatic heterocycles. The topological polar surface area (TPSA) is 78.9 Å². The van der Waals surface area contributed by atoms with Gasteiger partial charge in [-0.25, -0.2) is 0 Å². The van der Waals surface area contributed by atoms with Crippen molar-refractivity contribution in [2.45, 2.75) is 316 Å². The van der Waals surface area contributed by atoms with Crippen LogP contribution in [0.25, 0.3) is 0 Å². The van der Waals surface area contributed by atoms with Crippen LogP contribution in [-0.2, 0) is 28.6 Å². The molecule has 0 aliphatic rings. The maximum absolute atomic E-state index is 12.9. The van der Waals surface area contributed by atoms with Gasteiger partial charge in [0.25, 0.3) is 0 Å². The van der Waals surface area contributed by atoms with Crippen LogP contribution in [0.3, 0.4) is 0 Å². The summed E-state index contributed by atoms with van der Waals surface area (Å²) < 4.78 is 16.9. The molecule has 0 aromatic rings. The van der Waals surface area contributed by atoms with Gasteiger partial charge in [-0.1, -0.05) is 273 Å². The van der Waals surface area contributed by atoms with E-state index in [1.807, 2.05) is 0 Å². The van der Waals surface area contributed by atoms with Crippen molar-refractivity contribution in [1.82, 2.24) is 0 Å². The molecule has 0 bridgehead atoms. The van der Waals surface area contributed by atoms with Crippen LogP contribution in [0.5, 0.6) is 0 Å². The van der Waals surface area contributed by atoms with E-state index in [1.165, 1.54) is 167 Å². The summed E-state index contributed by atoms with van der Waals surface area (Å²) in [6.07, 6.45) is 77.5. The lowest BCUT2D eigenvalue weighted by Crippen LogP contribution is -2.30. The second kappa shape index (κ2) is 60.4. The Balaban J connectivity index is 4.31. The van der Waals surface area contributed by atoms with Gasteiger partial charge in [-0.3, -0.25) is 14.4 Å². The summed E-state index contributed by atoms with van der Waals surface area (Å²) >= 11 is 0. The fourth-order valence-electron chi connectivity index (χ4n) is 8.82. The number of esters is 3. The van der Waals surface area contributed by atoms with E-state index in [4.69, 9.17) is 14.2 Å². The molecular weight excluding hydrogens is 889 g/mol. The first-order chi connectivity index (χ1) is 35.5. The van der Waals surface area contributed by atoms with E-state index in [0.717, 1.165) is 103 Å². The van der Waals surface area contributed by atoms with Crippen molar-refractivity contribution in [1.29, 1.82) is 0 Å². The largest absolute Gasteiger partial charge is 0.462 e. The summed E-state index contributed by atoms with van der Waals surface area (Å²) in [5.41, 5.74) is 0. The lowest BCUT2D eigenvalue weighted by molar-refractivity contribution is -0.167. The molecule has 0 rings (SSSR count). The first kappa shape index (κ1) is 68.8. The van der Waals surface area contributed by atoms with Gasteiger partial charge in [0.05, 0.1) is 0 Å². The molecule has 0 aromatic carbocycles. The van der Waals surface area contributed by atoms with Crippen LogP contribution in [0.1, 0.15) is 310 Å². The maximum Gasteiger partial charge on any atom is 0.306 e. The highest BCUT2D eigenvalue weighted by atomic mass is 16.6. The predicted octanol–water partition coefficient (Wildman–Crippen LogP) is 20.9. The zero-order valence-corrected chi connectivity index (χ0v) is 47.7. The second-order valence-corrected chi connectivity index (χ2v) is 20.6. The number of ether oxygens (including phenoxy) is 3. The Morgan fingerprint density at radius 2 is 0.542 bits per heavy atom. The van der Waals surface area contributed by atoms with E-state index in [2.05, 4.69) is 93.7 Å². The van der Waals surface area contributed by atoms with Gasteiger partial charge in [0, 0.05) is 19.3 Å². The number of hydrogen-bond donors (Lipinski definition) is 0. The van der Waals surface area contributed by atoms with Gasteiger partial charge in [0.2, 0.25) is 0 Å². The quantitative estimate of drug-likeness (QED) is 0.0261. The molecule has 0 saturated carbocycles. The summed E-state index contributed by atoms with van der Waals surface area (Å²) in [5, 5.41) is 0. The van der Waals surface area contributed by atoms with Crippen molar-refractivity contribution in [2.75, 3.05) is 13.2 Å². The van der Waals surface area contributed by atoms with Gasteiger partial charge in [-0.05, 0) is 89.9 Å². The minimum Gasteiger partial charge on any atom is -0.462 e. The SMILES string of the molecule is CC/C=C\C/C=C\C/C=C\C/C=C\C/C=C\CCCCCCCCCCCC(=O)OCC(COC(=O)CCCCCCC/C=C\CCCCCC)OC(=O)CCCCCCCCCCCCCCCCCC. The molecule has 0 amide bonds. The lowest BCUT2D eigenvalue weighted by atomic mass is 10.0. The zero-order valence-electron chi connectivity index (χ0n) is 47.7. The highest BCUT2D eigenvalue weighted by molar-refractivity contribution is 5.71. The predicted molar refractivity (Wildman–Crippen MR) is 311 cm³/mol. The molecule has 0 saturated heterocycles. The molecule has 1 unspecified atom stereocenters. The van der Waals surface area contributed by atoms with Crippen molar-refractivity contribution in [2.24, 2.45) is 0 Å². The standard InChI is InChI=1S/C66H116O6/c1-4-7-10-13-16-19-22-25-27-29-30-31-32-33-34-35-36-37-39-41-44-47-50-53-56-59-65(68)71-62-63(61-70-64(67)58-55-52-49-46-43-40-24-21-18-15-12-9-6-3)72-66(69)60-57-54-51-48-45-42-38-28-26-23-20-17-14-11-8-5-2/h7,10,16,19,21,24-25,27,30-31,33-34,63H,4-6,8-9,11-15,17-18,20,22-23,26,28-29,32,35-62H2,1-3H3/b10-7-,19-16-,24-21-,27-25-,31-30-,34-33-. The molecule has 0 N–H and O–H groups in total. The molecule has 0 spiro atoms. The van der Waals surface area contributed by atoms with Crippen LogP contribution in [0.2, 0.25) is 0 Å². The van der Waals surface area contributed by atoms with Crippen molar-refractivity contribution in [3.05, 3.63) is 72.9 Å². The van der Waals surface area contributed by atoms with Crippen LogP contribution in [-0.4, -0.2) is 37.2 Å². The fourth-order valence-corrected chi connectivity index (χ4v) is 8.82. The first-order valence-corrected chi connectivity index (χ1v) is 30.9. The van der Waals surface area contributed by atoms with E-state index < -0.39 is 6.10 Å². The monoisotopic (exact) mass is 1000 g/mol. The third-order valence-corrected chi connectivity index (χ3v) is 13.4. The summed E-state index contributed by atoms with van der Waals surface area (Å²) in [6.45, 7) is 6.53. The summed E-state index contributed by atoms with van der Waals surface area (Å²) in [7, 11) is 0. The van der Waals surface area contributed by atoms with E-state index in [9.17, 15) is 14.4 Å². The lowest BCUT2D eigenvalue weighted by Gasteiger charge is -2.18. The molecule has 6 heteroatoms. The van der Waals surface area contributed by atoms with E-state index in [-0.39, 0.29) is 31.1 Å². The van der Waals surface area contributed by atoms with E-state index in [1.54, 1.807) is 0 Å². The van der Waals surface area contributed by atoms with Crippen molar-refractivity contribution in [3.8, 4) is 0 Å². The van der Waals surface area contributed by atoms with Gasteiger partial charge in [0.15, 0.2) is 6.10 Å². The Kier molecular flexibility index (Phi) is 57.8. The molecule has 1 atom stereocenters. The molecule has 6 nitrogen and oxygen atoms in total. The molecule has 72 heavy (non-hydrogen) atoms. The fraction of sp³-hybridized carbons (Fsp3) is 0.773. The maximum atomic E-state index is 12.9. The van der Waals surface area contributed by atoms with Gasteiger partial charge >= 0.3 is 17.9 Å². The Morgan fingerprint density at radius 1 is 0.292 bits per heavy atom. The third-order valence-electron chi connectivity index (χ3n) is 13.4. The van der Waals surface area contributed by atoms with Crippen molar-refractivity contribution < 1.29 is 28.6 Å². The van der Waals surface area contributed by atoms with Gasteiger partial charge in [-0.15, -0.1) is 0 Å². The molecule has 0 radical (unpaired) electrons. The van der Waals surface area contributed by atoms with E-state index >= 15 is 0 Å². The smallest absolute Gasteiger partial charge is 0.306 e. The second-order valence-electron chi connectivity index (χ2n) is 20.6. The third kappa shape index (κ3) is 57.7. The van der Waals surface area contributed by atoms with Gasteiger partial charge in [0.1, 0.15) is 13.2 Å². The molecule has 416 valence electrons. The minimum absolute atomic E-state index is 0.0783. The van der Waals surface area contributed by atoms with E-state index in [0.29, 0.717) is 19.3 Å². The number of carbonyl (C=O) groups is 3. The van der Waals surface area contributed by atoms with Crippen LogP contribution >= 0.6 is 0 Å². The Morgan fingerprint density at radius 3 is 0.875 bits per heavy atom. The molecular formula is C66H116O6. The van der Waals surface area contributed by atoms with Gasteiger partial charge < -0.3 is 14.2 Å². The Bertz CT molecular complexity index is 1340. The summed E-state index contributed by atoms with van der Waals surface area (Å²) in [4.78, 5) is 38.2. The summed E-state index contributed by atoms with van der Waals surface area (Å²) in [5.74, 6) is -0.878. The molecule has 0 fully saturated rings. The van der Waals surface area contributed by atoms with Crippen molar-refractivity contribution >= 4 is 17.9 Å². The first-order valence-electron chi connectivity index (χ1n) is 30.9. The van der Waals surface area contributed by atoms with Crippen LogP contribution < -0.4 is 0 Å². The average molecular weight is 1010 g/mol. The normalized spacial score (nSPS) is 12.5. The zero-order chi connectivity index (χ0) is 52.2. The number of allylic oxidation sites excluding steroid dienone is 12. The summed E-state index contributed by atoms with van der Waals surface area (Å²) in [6, 6.07) is 0. The number of carbonyl (C=O) groups excluding carboxylic acids is 3. The average Bonchev–Trinajstić information content (AvgIpc) is 3.38. The van der Waals surface area contributed by atoms with Crippen LogP contribution in [0.4, 0.5) is 0 Å². The highest BCUT2D eigenvalue weighted by Gasteiger charge is 2.19. The van der Waals surface area contributed by atoms with Gasteiger partial charge in [-0.2, -0.15) is 0 Å². The Labute approximate surface area is 446 Å². The molecule has 0 aliphatic carbocycles.